The van der Waals surface area contributed by atoms with Gasteiger partial charge >= 0.3 is 5.97 Å². The second-order valence-electron chi connectivity index (χ2n) is 5.25. The maximum absolute atomic E-state index is 12.8. The van der Waals surface area contributed by atoms with E-state index < -0.39 is 22.0 Å². The van der Waals surface area contributed by atoms with Gasteiger partial charge in [0, 0.05) is 11.0 Å². The smallest absolute Gasteiger partial charge is 0.322 e. The Morgan fingerprint density at radius 3 is 2.67 bits per heavy atom. The van der Waals surface area contributed by atoms with E-state index in [0.717, 1.165) is 22.7 Å². The molecule has 0 aromatic heterocycles. The molecule has 1 N–H and O–H groups in total. The first-order valence-electron chi connectivity index (χ1n) is 6.85. The summed E-state index contributed by atoms with van der Waals surface area (Å²) in [5, 5.41) is 9.34. The lowest BCUT2D eigenvalue weighted by molar-refractivity contribution is -0.141. The Morgan fingerprint density at radius 2 is 2.05 bits per heavy atom. The van der Waals surface area contributed by atoms with Crippen molar-refractivity contribution >= 4 is 31.9 Å². The van der Waals surface area contributed by atoms with Gasteiger partial charge in [-0.15, -0.1) is 0 Å². The van der Waals surface area contributed by atoms with Crippen LogP contribution in [0.4, 0.5) is 0 Å². The summed E-state index contributed by atoms with van der Waals surface area (Å²) in [6, 6.07) is 3.98. The summed E-state index contributed by atoms with van der Waals surface area (Å²) in [6.45, 7) is 2.12. The summed E-state index contributed by atoms with van der Waals surface area (Å²) in [7, 11) is -3.82. The normalized spacial score (nSPS) is 21.0. The van der Waals surface area contributed by atoms with Gasteiger partial charge in [0.05, 0.1) is 4.90 Å². The Labute approximate surface area is 133 Å². The first-order chi connectivity index (χ1) is 9.84. The van der Waals surface area contributed by atoms with Gasteiger partial charge in [-0.1, -0.05) is 18.9 Å². The number of hydrogen-bond acceptors (Lipinski definition) is 3. The molecule has 0 aliphatic carbocycles. The Balaban J connectivity index is 2.46. The van der Waals surface area contributed by atoms with E-state index in [0.29, 0.717) is 17.3 Å². The molecule has 21 heavy (non-hydrogen) atoms. The highest BCUT2D eigenvalue weighted by Crippen LogP contribution is 2.30. The number of aliphatic carboxylic acids is 1. The zero-order valence-corrected chi connectivity index (χ0v) is 14.2. The number of rotatable bonds is 3. The monoisotopic (exact) mass is 375 g/mol. The average Bonchev–Trinajstić information content (AvgIpc) is 2.64. The molecule has 0 amide bonds. The van der Waals surface area contributed by atoms with Crippen LogP contribution in [0.3, 0.4) is 0 Å². The third-order valence-electron chi connectivity index (χ3n) is 3.66. The highest BCUT2D eigenvalue weighted by atomic mass is 79.9. The Morgan fingerprint density at radius 1 is 1.33 bits per heavy atom. The second-order valence-corrected chi connectivity index (χ2v) is 7.97. The maximum Gasteiger partial charge on any atom is 0.322 e. The standard InChI is InChI=1S/C14H18BrNO4S/c1-10-6-7-13(11(15)9-10)21(19,20)16-8-4-2-3-5-12(16)14(17)18/h6-7,9,12H,2-5,8H2,1H3,(H,17,18). The summed E-state index contributed by atoms with van der Waals surface area (Å²) in [6.07, 6.45) is 2.63. The van der Waals surface area contributed by atoms with Crippen molar-refractivity contribution in [2.24, 2.45) is 0 Å². The van der Waals surface area contributed by atoms with Crippen LogP contribution in [0.2, 0.25) is 0 Å². The van der Waals surface area contributed by atoms with Crippen LogP contribution in [-0.4, -0.2) is 36.4 Å². The van der Waals surface area contributed by atoms with Crippen molar-refractivity contribution < 1.29 is 18.3 Å². The lowest BCUT2D eigenvalue weighted by Crippen LogP contribution is -2.44. The topological polar surface area (TPSA) is 74.7 Å². The van der Waals surface area contributed by atoms with E-state index >= 15 is 0 Å². The van der Waals surface area contributed by atoms with E-state index in [9.17, 15) is 18.3 Å². The highest BCUT2D eigenvalue weighted by Gasteiger charge is 2.37. The highest BCUT2D eigenvalue weighted by molar-refractivity contribution is 9.10. The maximum atomic E-state index is 12.8. The van der Waals surface area contributed by atoms with E-state index in [1.165, 1.54) is 6.07 Å². The molecule has 1 unspecified atom stereocenters. The Bertz CT molecular complexity index is 644. The molecule has 7 heteroatoms. The minimum atomic E-state index is -3.82. The Kier molecular flexibility index (Phi) is 5.06. The number of nitrogens with zero attached hydrogens (tertiary/aromatic N) is 1. The van der Waals surface area contributed by atoms with Crippen molar-refractivity contribution in [1.82, 2.24) is 4.31 Å². The van der Waals surface area contributed by atoms with Gasteiger partial charge in [0.15, 0.2) is 0 Å². The van der Waals surface area contributed by atoms with E-state index in [-0.39, 0.29) is 11.4 Å². The summed E-state index contributed by atoms with van der Waals surface area (Å²) >= 11 is 3.27. The van der Waals surface area contributed by atoms with Crippen molar-refractivity contribution in [3.05, 3.63) is 28.2 Å². The van der Waals surface area contributed by atoms with Crippen LogP contribution < -0.4 is 0 Å². The number of carboxylic acids is 1. The van der Waals surface area contributed by atoms with Gasteiger partial charge in [0.2, 0.25) is 10.0 Å². The van der Waals surface area contributed by atoms with E-state index in [1.807, 2.05) is 6.92 Å². The summed E-state index contributed by atoms with van der Waals surface area (Å²) in [4.78, 5) is 11.5. The number of hydrogen-bond donors (Lipinski definition) is 1. The molecular weight excluding hydrogens is 358 g/mol. The molecule has 1 atom stereocenters. The number of carboxylic acid groups (broad SMARTS) is 1. The molecule has 1 heterocycles. The van der Waals surface area contributed by atoms with Crippen molar-refractivity contribution in [2.45, 2.75) is 43.5 Å². The molecular formula is C14H18BrNO4S. The van der Waals surface area contributed by atoms with E-state index in [1.54, 1.807) is 12.1 Å². The van der Waals surface area contributed by atoms with Crippen molar-refractivity contribution in [3.8, 4) is 0 Å². The molecule has 0 spiro atoms. The fraction of sp³-hybridized carbons (Fsp3) is 0.500. The van der Waals surface area contributed by atoms with Gasteiger partial charge in [-0.3, -0.25) is 4.79 Å². The number of benzene rings is 1. The van der Waals surface area contributed by atoms with Gasteiger partial charge in [0.1, 0.15) is 6.04 Å². The molecule has 0 saturated carbocycles. The van der Waals surface area contributed by atoms with Crippen molar-refractivity contribution in [1.29, 1.82) is 0 Å². The third-order valence-corrected chi connectivity index (χ3v) is 6.55. The van der Waals surface area contributed by atoms with Crippen LogP contribution in [0, 0.1) is 6.92 Å². The Hall–Kier alpha value is -0.920. The van der Waals surface area contributed by atoms with Crippen molar-refractivity contribution in [2.75, 3.05) is 6.54 Å². The van der Waals surface area contributed by atoms with Gasteiger partial charge in [-0.05, 0) is 53.4 Å². The van der Waals surface area contributed by atoms with Crippen LogP contribution >= 0.6 is 15.9 Å². The fourth-order valence-electron chi connectivity index (χ4n) is 2.56. The van der Waals surface area contributed by atoms with Crippen LogP contribution in [0.25, 0.3) is 0 Å². The largest absolute Gasteiger partial charge is 0.480 e. The number of aryl methyl sites for hydroxylation is 1. The molecule has 1 aliphatic rings. The van der Waals surface area contributed by atoms with E-state index in [2.05, 4.69) is 15.9 Å². The van der Waals surface area contributed by atoms with Gasteiger partial charge < -0.3 is 5.11 Å². The molecule has 116 valence electrons. The number of halogens is 1. The van der Waals surface area contributed by atoms with Crippen molar-refractivity contribution in [3.63, 3.8) is 0 Å². The van der Waals surface area contributed by atoms with Crippen LogP contribution in [0.1, 0.15) is 31.2 Å². The lowest BCUT2D eigenvalue weighted by atomic mass is 10.1. The quantitative estimate of drug-likeness (QED) is 0.880. The number of sulfonamides is 1. The molecule has 1 fully saturated rings. The average molecular weight is 376 g/mol. The van der Waals surface area contributed by atoms with Gasteiger partial charge in [0.25, 0.3) is 0 Å². The van der Waals surface area contributed by atoms with Crippen LogP contribution in [-0.2, 0) is 14.8 Å². The predicted octanol–water partition coefficient (Wildman–Crippen LogP) is 2.78. The molecule has 1 aliphatic heterocycles. The first-order valence-corrected chi connectivity index (χ1v) is 9.08. The molecule has 0 radical (unpaired) electrons. The summed E-state index contributed by atoms with van der Waals surface area (Å²) in [5.74, 6) is -1.08. The van der Waals surface area contributed by atoms with Gasteiger partial charge in [-0.2, -0.15) is 4.31 Å². The molecule has 1 aromatic carbocycles. The summed E-state index contributed by atoms with van der Waals surface area (Å²) < 4.78 is 27.2. The third kappa shape index (κ3) is 3.46. The van der Waals surface area contributed by atoms with Crippen LogP contribution in [0.15, 0.2) is 27.6 Å². The molecule has 1 aromatic rings. The lowest BCUT2D eigenvalue weighted by Gasteiger charge is -2.26. The minimum Gasteiger partial charge on any atom is -0.480 e. The van der Waals surface area contributed by atoms with Gasteiger partial charge in [-0.25, -0.2) is 8.42 Å². The molecule has 1 saturated heterocycles. The molecule has 5 nitrogen and oxygen atoms in total. The minimum absolute atomic E-state index is 0.126. The zero-order valence-electron chi connectivity index (χ0n) is 11.8. The second kappa shape index (κ2) is 6.46. The zero-order chi connectivity index (χ0) is 15.6. The number of carbonyl (C=O) groups is 1. The van der Waals surface area contributed by atoms with Crippen LogP contribution in [0.5, 0.6) is 0 Å². The molecule has 0 bridgehead atoms. The molecule has 2 rings (SSSR count). The van der Waals surface area contributed by atoms with E-state index in [4.69, 9.17) is 0 Å². The predicted molar refractivity (Wildman–Crippen MR) is 82.7 cm³/mol. The first kappa shape index (κ1) is 16.5. The summed E-state index contributed by atoms with van der Waals surface area (Å²) in [5.41, 5.74) is 0.937. The SMILES string of the molecule is Cc1ccc(S(=O)(=O)N2CCCCCC2C(=O)O)c(Br)c1. The fourth-order valence-corrected chi connectivity index (χ4v) is 5.36.